The van der Waals surface area contributed by atoms with Crippen molar-refractivity contribution in [2.75, 3.05) is 5.32 Å². The number of nitrogens with one attached hydrogen (secondary N) is 1. The summed E-state index contributed by atoms with van der Waals surface area (Å²) in [4.78, 5) is 16.1. The van der Waals surface area contributed by atoms with Gasteiger partial charge in [-0.2, -0.15) is 4.98 Å². The lowest BCUT2D eigenvalue weighted by atomic mass is 10.1. The van der Waals surface area contributed by atoms with Gasteiger partial charge in [-0.25, -0.2) is 0 Å². The van der Waals surface area contributed by atoms with Crippen LogP contribution in [0.1, 0.15) is 38.4 Å². The molecule has 1 N–H and O–H groups in total. The SMILES string of the molecule is CCCCCC(=O)Nc1ccccc1-c1nc(C)no1. The van der Waals surface area contributed by atoms with Crippen molar-refractivity contribution < 1.29 is 9.32 Å². The van der Waals surface area contributed by atoms with Crippen molar-refractivity contribution in [2.45, 2.75) is 39.5 Å². The highest BCUT2D eigenvalue weighted by atomic mass is 16.5. The summed E-state index contributed by atoms with van der Waals surface area (Å²) in [5.74, 6) is 1.01. The molecule has 0 aliphatic carbocycles. The normalized spacial score (nSPS) is 10.5. The third-order valence-corrected chi connectivity index (χ3v) is 2.97. The van der Waals surface area contributed by atoms with E-state index in [0.717, 1.165) is 24.8 Å². The minimum absolute atomic E-state index is 0.0159. The first-order valence-corrected chi connectivity index (χ1v) is 6.90. The van der Waals surface area contributed by atoms with Gasteiger partial charge in [-0.05, 0) is 25.5 Å². The highest BCUT2D eigenvalue weighted by Gasteiger charge is 2.12. The van der Waals surface area contributed by atoms with Crippen molar-refractivity contribution in [3.8, 4) is 11.5 Å². The molecule has 1 amide bonds. The van der Waals surface area contributed by atoms with Crippen LogP contribution in [0.2, 0.25) is 0 Å². The molecule has 0 saturated carbocycles. The van der Waals surface area contributed by atoms with E-state index in [0.29, 0.717) is 23.8 Å². The van der Waals surface area contributed by atoms with Crippen LogP contribution >= 0.6 is 0 Å². The maximum atomic E-state index is 11.9. The molecule has 0 unspecified atom stereocenters. The number of hydrogen-bond donors (Lipinski definition) is 1. The molecule has 2 aromatic rings. The smallest absolute Gasteiger partial charge is 0.260 e. The topological polar surface area (TPSA) is 68.0 Å². The average molecular weight is 273 g/mol. The lowest BCUT2D eigenvalue weighted by molar-refractivity contribution is -0.116. The van der Waals surface area contributed by atoms with Crippen LogP contribution in [-0.2, 0) is 4.79 Å². The zero-order chi connectivity index (χ0) is 14.4. The number of benzene rings is 1. The van der Waals surface area contributed by atoms with Gasteiger partial charge < -0.3 is 9.84 Å². The number of carbonyl (C=O) groups excluding carboxylic acids is 1. The number of carbonyl (C=O) groups is 1. The largest absolute Gasteiger partial charge is 0.334 e. The predicted molar refractivity (Wildman–Crippen MR) is 77.2 cm³/mol. The quantitative estimate of drug-likeness (QED) is 0.817. The van der Waals surface area contributed by atoms with Crippen LogP contribution < -0.4 is 5.32 Å². The summed E-state index contributed by atoms with van der Waals surface area (Å²) in [6.45, 7) is 3.88. The van der Waals surface area contributed by atoms with Crippen molar-refractivity contribution in [1.29, 1.82) is 0 Å². The van der Waals surface area contributed by atoms with Gasteiger partial charge in [0.25, 0.3) is 5.89 Å². The number of aromatic nitrogens is 2. The lowest BCUT2D eigenvalue weighted by Gasteiger charge is -2.08. The molecule has 0 fully saturated rings. The molecule has 1 heterocycles. The monoisotopic (exact) mass is 273 g/mol. The van der Waals surface area contributed by atoms with E-state index in [-0.39, 0.29) is 5.91 Å². The molecule has 0 radical (unpaired) electrons. The Balaban J connectivity index is 2.10. The number of para-hydroxylation sites is 1. The Kier molecular flexibility index (Phi) is 4.87. The van der Waals surface area contributed by atoms with Crippen LogP contribution in [0, 0.1) is 6.92 Å². The molecule has 5 nitrogen and oxygen atoms in total. The van der Waals surface area contributed by atoms with Crippen LogP contribution in [-0.4, -0.2) is 16.0 Å². The minimum Gasteiger partial charge on any atom is -0.334 e. The van der Waals surface area contributed by atoms with Gasteiger partial charge >= 0.3 is 0 Å². The van der Waals surface area contributed by atoms with Gasteiger partial charge in [0, 0.05) is 6.42 Å². The summed E-state index contributed by atoms with van der Waals surface area (Å²) in [5, 5.41) is 6.69. The fourth-order valence-electron chi connectivity index (χ4n) is 1.93. The van der Waals surface area contributed by atoms with Crippen molar-refractivity contribution in [2.24, 2.45) is 0 Å². The number of anilines is 1. The summed E-state index contributed by atoms with van der Waals surface area (Å²) in [5.41, 5.74) is 1.45. The molecule has 0 aliphatic heterocycles. The van der Waals surface area contributed by atoms with E-state index in [2.05, 4.69) is 22.4 Å². The van der Waals surface area contributed by atoms with E-state index < -0.39 is 0 Å². The number of amides is 1. The second kappa shape index (κ2) is 6.84. The number of hydrogen-bond acceptors (Lipinski definition) is 4. The van der Waals surface area contributed by atoms with E-state index in [1.54, 1.807) is 6.92 Å². The fraction of sp³-hybridized carbons (Fsp3) is 0.400. The van der Waals surface area contributed by atoms with Gasteiger partial charge in [-0.3, -0.25) is 4.79 Å². The van der Waals surface area contributed by atoms with E-state index in [1.165, 1.54) is 0 Å². The molecule has 20 heavy (non-hydrogen) atoms. The number of aryl methyl sites for hydroxylation is 1. The maximum absolute atomic E-state index is 11.9. The summed E-state index contributed by atoms with van der Waals surface area (Å²) in [6.07, 6.45) is 3.61. The molecule has 0 bridgehead atoms. The van der Waals surface area contributed by atoms with E-state index in [4.69, 9.17) is 4.52 Å². The first-order valence-electron chi connectivity index (χ1n) is 6.90. The molecule has 0 atom stereocenters. The van der Waals surface area contributed by atoms with Gasteiger partial charge in [-0.1, -0.05) is 37.1 Å². The third kappa shape index (κ3) is 3.66. The van der Waals surface area contributed by atoms with Gasteiger partial charge in [0.2, 0.25) is 5.91 Å². The molecule has 0 spiro atoms. The lowest BCUT2D eigenvalue weighted by Crippen LogP contribution is -2.11. The number of rotatable bonds is 6. The molecule has 106 valence electrons. The Hall–Kier alpha value is -2.17. The minimum atomic E-state index is 0.0159. The molecule has 0 saturated heterocycles. The Morgan fingerprint density at radius 2 is 2.10 bits per heavy atom. The highest BCUT2D eigenvalue weighted by molar-refractivity contribution is 5.94. The van der Waals surface area contributed by atoms with Crippen molar-refractivity contribution in [3.63, 3.8) is 0 Å². The second-order valence-electron chi connectivity index (χ2n) is 4.70. The maximum Gasteiger partial charge on any atom is 0.260 e. The molecule has 0 aliphatic rings. The summed E-state index contributed by atoms with van der Waals surface area (Å²) < 4.78 is 5.16. The van der Waals surface area contributed by atoms with Crippen LogP contribution in [0.15, 0.2) is 28.8 Å². The molecular formula is C15H19N3O2. The third-order valence-electron chi connectivity index (χ3n) is 2.97. The van der Waals surface area contributed by atoms with Gasteiger partial charge in [0.05, 0.1) is 11.3 Å². The second-order valence-corrected chi connectivity index (χ2v) is 4.70. The van der Waals surface area contributed by atoms with Crippen molar-refractivity contribution in [1.82, 2.24) is 10.1 Å². The van der Waals surface area contributed by atoms with Crippen LogP contribution in [0.3, 0.4) is 0 Å². The molecule has 1 aromatic heterocycles. The molecular weight excluding hydrogens is 254 g/mol. The summed E-state index contributed by atoms with van der Waals surface area (Å²) in [6, 6.07) is 7.44. The summed E-state index contributed by atoms with van der Waals surface area (Å²) >= 11 is 0. The molecule has 5 heteroatoms. The predicted octanol–water partition coefficient (Wildman–Crippen LogP) is 3.56. The first-order chi connectivity index (χ1) is 9.70. The van der Waals surface area contributed by atoms with E-state index in [1.807, 2.05) is 24.3 Å². The zero-order valence-corrected chi connectivity index (χ0v) is 11.8. The fourth-order valence-corrected chi connectivity index (χ4v) is 1.93. The Bertz CT molecular complexity index is 578. The molecule has 2 rings (SSSR count). The highest BCUT2D eigenvalue weighted by Crippen LogP contribution is 2.26. The van der Waals surface area contributed by atoms with Crippen LogP contribution in [0.25, 0.3) is 11.5 Å². The Morgan fingerprint density at radius 1 is 1.30 bits per heavy atom. The standard InChI is InChI=1S/C15H19N3O2/c1-3-4-5-10-14(19)17-13-9-7-6-8-12(13)15-16-11(2)18-20-15/h6-9H,3-5,10H2,1-2H3,(H,17,19). The first kappa shape index (κ1) is 14.2. The number of unbranched alkanes of at least 4 members (excludes halogenated alkanes) is 2. The average Bonchev–Trinajstić information content (AvgIpc) is 2.86. The van der Waals surface area contributed by atoms with Crippen molar-refractivity contribution in [3.05, 3.63) is 30.1 Å². The zero-order valence-electron chi connectivity index (χ0n) is 11.8. The van der Waals surface area contributed by atoms with E-state index >= 15 is 0 Å². The molecule has 1 aromatic carbocycles. The Labute approximate surface area is 118 Å². The van der Waals surface area contributed by atoms with Gasteiger partial charge in [0.15, 0.2) is 5.82 Å². The Morgan fingerprint density at radius 3 is 2.80 bits per heavy atom. The van der Waals surface area contributed by atoms with Gasteiger partial charge in [0.1, 0.15) is 0 Å². The summed E-state index contributed by atoms with van der Waals surface area (Å²) in [7, 11) is 0. The number of nitrogens with zero attached hydrogens (tertiary/aromatic N) is 2. The van der Waals surface area contributed by atoms with Crippen LogP contribution in [0.5, 0.6) is 0 Å². The van der Waals surface area contributed by atoms with E-state index in [9.17, 15) is 4.79 Å². The van der Waals surface area contributed by atoms with Crippen LogP contribution in [0.4, 0.5) is 5.69 Å². The van der Waals surface area contributed by atoms with Crippen molar-refractivity contribution >= 4 is 11.6 Å². The van der Waals surface area contributed by atoms with Gasteiger partial charge in [-0.15, -0.1) is 0 Å².